The molecule has 2 amide bonds. The fraction of sp³-hybridized carbons (Fsp3) is 0.412. The van der Waals surface area contributed by atoms with Crippen molar-refractivity contribution in [2.24, 2.45) is 0 Å². The van der Waals surface area contributed by atoms with Gasteiger partial charge in [0.05, 0.1) is 16.7 Å². The molecule has 1 unspecified atom stereocenters. The number of carbonyl (C=O) groups excluding carboxylic acids is 1. The molecule has 0 aliphatic rings. The van der Waals surface area contributed by atoms with E-state index >= 15 is 0 Å². The zero-order chi connectivity index (χ0) is 16.8. The number of hydrogen-bond donors (Lipinski definition) is 2. The first-order chi connectivity index (χ1) is 10.9. The van der Waals surface area contributed by atoms with Crippen LogP contribution in [0.25, 0.3) is 0 Å². The maximum atomic E-state index is 12.0. The van der Waals surface area contributed by atoms with Crippen molar-refractivity contribution in [3.63, 3.8) is 0 Å². The van der Waals surface area contributed by atoms with E-state index in [0.29, 0.717) is 0 Å². The average Bonchev–Trinajstić information content (AvgIpc) is 2.93. The molecule has 1 aromatic heterocycles. The number of nitrogens with zero attached hydrogens (tertiary/aromatic N) is 2. The molecule has 2 N–H and O–H groups in total. The summed E-state index contributed by atoms with van der Waals surface area (Å²) in [5.74, 6) is 0. The van der Waals surface area contributed by atoms with Gasteiger partial charge in [-0.1, -0.05) is 12.1 Å². The predicted molar refractivity (Wildman–Crippen MR) is 96.1 cm³/mol. The molecule has 0 radical (unpaired) electrons. The Balaban J connectivity index is 1.85. The van der Waals surface area contributed by atoms with Gasteiger partial charge >= 0.3 is 6.03 Å². The van der Waals surface area contributed by atoms with Crippen LogP contribution in [0.1, 0.15) is 29.2 Å². The van der Waals surface area contributed by atoms with E-state index in [0.717, 1.165) is 29.4 Å². The lowest BCUT2D eigenvalue weighted by molar-refractivity contribution is 0.249. The van der Waals surface area contributed by atoms with E-state index in [2.05, 4.69) is 34.6 Å². The van der Waals surface area contributed by atoms with Crippen molar-refractivity contribution in [1.29, 1.82) is 0 Å². The Morgan fingerprint density at radius 3 is 2.57 bits per heavy atom. The first kappa shape index (κ1) is 17.4. The predicted octanol–water partition coefficient (Wildman–Crippen LogP) is 3.44. The molecule has 0 fully saturated rings. The van der Waals surface area contributed by atoms with Crippen LogP contribution in [0.5, 0.6) is 0 Å². The summed E-state index contributed by atoms with van der Waals surface area (Å²) in [5.41, 5.74) is 2.94. The monoisotopic (exact) mass is 332 g/mol. The zero-order valence-corrected chi connectivity index (χ0v) is 14.9. The fourth-order valence-electron chi connectivity index (χ4n) is 2.12. The third-order valence-electron chi connectivity index (χ3n) is 3.49. The Labute approximate surface area is 141 Å². The molecule has 0 aliphatic carbocycles. The van der Waals surface area contributed by atoms with E-state index in [4.69, 9.17) is 0 Å². The molecule has 23 heavy (non-hydrogen) atoms. The molecule has 1 aromatic carbocycles. The van der Waals surface area contributed by atoms with Gasteiger partial charge in [-0.05, 0) is 52.1 Å². The number of amides is 2. The zero-order valence-electron chi connectivity index (χ0n) is 14.1. The number of benzene rings is 1. The summed E-state index contributed by atoms with van der Waals surface area (Å²) < 4.78 is 0. The molecule has 1 atom stereocenters. The summed E-state index contributed by atoms with van der Waals surface area (Å²) in [4.78, 5) is 18.6. The van der Waals surface area contributed by atoms with Crippen LogP contribution in [0.2, 0.25) is 0 Å². The number of aryl methyl sites for hydroxylation is 1. The Morgan fingerprint density at radius 1 is 1.30 bits per heavy atom. The normalized spacial score (nSPS) is 12.2. The van der Waals surface area contributed by atoms with Crippen LogP contribution in [0.4, 0.5) is 10.5 Å². The minimum atomic E-state index is -0.218. The summed E-state index contributed by atoms with van der Waals surface area (Å²) in [6.07, 6.45) is 1.000. The van der Waals surface area contributed by atoms with Crippen LogP contribution < -0.4 is 10.6 Å². The van der Waals surface area contributed by atoms with E-state index in [1.165, 1.54) is 5.56 Å². The van der Waals surface area contributed by atoms with Gasteiger partial charge in [-0.3, -0.25) is 0 Å². The maximum Gasteiger partial charge on any atom is 0.319 e. The Morgan fingerprint density at radius 2 is 2.00 bits per heavy atom. The number of rotatable bonds is 6. The second kappa shape index (κ2) is 8.08. The number of anilines is 1. The van der Waals surface area contributed by atoms with E-state index in [1.54, 1.807) is 11.3 Å². The third kappa shape index (κ3) is 5.65. The largest absolute Gasteiger partial charge is 0.330 e. The number of hydrogen-bond acceptors (Lipinski definition) is 4. The molecule has 0 aliphatic heterocycles. The van der Waals surface area contributed by atoms with Crippen LogP contribution in [-0.4, -0.2) is 36.6 Å². The number of nitrogens with one attached hydrogen (secondary N) is 2. The second-order valence-electron chi connectivity index (χ2n) is 5.86. The van der Waals surface area contributed by atoms with Crippen molar-refractivity contribution >= 4 is 23.1 Å². The van der Waals surface area contributed by atoms with Gasteiger partial charge in [0.1, 0.15) is 0 Å². The molecule has 2 rings (SSSR count). The van der Waals surface area contributed by atoms with Gasteiger partial charge in [0.15, 0.2) is 0 Å². The van der Waals surface area contributed by atoms with E-state index in [-0.39, 0.29) is 12.1 Å². The number of thiazole rings is 1. The van der Waals surface area contributed by atoms with Gasteiger partial charge in [0, 0.05) is 17.6 Å². The van der Waals surface area contributed by atoms with Gasteiger partial charge in [-0.15, -0.1) is 11.3 Å². The molecular weight excluding hydrogens is 308 g/mol. The van der Waals surface area contributed by atoms with Crippen molar-refractivity contribution in [3.8, 4) is 0 Å². The lowest BCUT2D eigenvalue weighted by Gasteiger charge is -2.13. The van der Waals surface area contributed by atoms with Crippen LogP contribution >= 0.6 is 11.3 Å². The SMILES string of the molecule is Cc1nc(C(C)NC(=O)Nc2ccc(CCN(C)C)cc2)cs1. The molecular formula is C17H24N4OS. The quantitative estimate of drug-likeness (QED) is 0.852. The lowest BCUT2D eigenvalue weighted by atomic mass is 10.1. The standard InChI is InChI=1S/C17H24N4OS/c1-12(16-11-23-13(2)19-16)18-17(22)20-15-7-5-14(6-8-15)9-10-21(3)4/h5-8,11-12H,9-10H2,1-4H3,(H2,18,20,22). The molecule has 1 heterocycles. The van der Waals surface area contributed by atoms with Crippen LogP contribution in [0.15, 0.2) is 29.6 Å². The molecule has 0 spiro atoms. The number of aromatic nitrogens is 1. The smallest absolute Gasteiger partial charge is 0.319 e. The van der Waals surface area contributed by atoms with Crippen LogP contribution in [0, 0.1) is 6.92 Å². The first-order valence-electron chi connectivity index (χ1n) is 7.67. The number of carbonyl (C=O) groups is 1. The van der Waals surface area contributed by atoms with E-state index in [1.807, 2.05) is 43.5 Å². The van der Waals surface area contributed by atoms with Crippen molar-refractivity contribution < 1.29 is 4.79 Å². The van der Waals surface area contributed by atoms with Crippen LogP contribution in [-0.2, 0) is 6.42 Å². The van der Waals surface area contributed by atoms with Gasteiger partial charge in [-0.2, -0.15) is 0 Å². The van der Waals surface area contributed by atoms with Gasteiger partial charge in [0.25, 0.3) is 0 Å². The highest BCUT2D eigenvalue weighted by Crippen LogP contribution is 2.16. The maximum absolute atomic E-state index is 12.0. The topological polar surface area (TPSA) is 57.3 Å². The Kier molecular flexibility index (Phi) is 6.12. The lowest BCUT2D eigenvalue weighted by Crippen LogP contribution is -2.31. The molecule has 124 valence electrons. The molecule has 6 heteroatoms. The van der Waals surface area contributed by atoms with E-state index in [9.17, 15) is 4.79 Å². The highest BCUT2D eigenvalue weighted by Gasteiger charge is 2.12. The first-order valence-corrected chi connectivity index (χ1v) is 8.55. The van der Waals surface area contributed by atoms with Crippen LogP contribution in [0.3, 0.4) is 0 Å². The number of urea groups is 1. The molecule has 0 bridgehead atoms. The summed E-state index contributed by atoms with van der Waals surface area (Å²) in [6, 6.07) is 7.63. The molecule has 2 aromatic rings. The number of likely N-dealkylation sites (N-methyl/N-ethyl adjacent to an activating group) is 1. The summed E-state index contributed by atoms with van der Waals surface area (Å²) >= 11 is 1.59. The van der Waals surface area contributed by atoms with Crippen molar-refractivity contribution in [2.75, 3.05) is 26.0 Å². The summed E-state index contributed by atoms with van der Waals surface area (Å²) in [6.45, 7) is 4.90. The third-order valence-corrected chi connectivity index (χ3v) is 4.28. The van der Waals surface area contributed by atoms with Crippen molar-refractivity contribution in [3.05, 3.63) is 45.9 Å². The average molecular weight is 332 g/mol. The van der Waals surface area contributed by atoms with Gasteiger partial charge in [-0.25, -0.2) is 9.78 Å². The minimum absolute atomic E-state index is 0.112. The molecule has 0 saturated carbocycles. The van der Waals surface area contributed by atoms with Crippen molar-refractivity contribution in [2.45, 2.75) is 26.3 Å². The minimum Gasteiger partial charge on any atom is -0.330 e. The van der Waals surface area contributed by atoms with Gasteiger partial charge < -0.3 is 15.5 Å². The van der Waals surface area contributed by atoms with Crippen molar-refractivity contribution in [1.82, 2.24) is 15.2 Å². The fourth-order valence-corrected chi connectivity index (χ4v) is 2.83. The molecule has 5 nitrogen and oxygen atoms in total. The molecule has 0 saturated heterocycles. The highest BCUT2D eigenvalue weighted by molar-refractivity contribution is 7.09. The Bertz CT molecular complexity index is 636. The summed E-state index contributed by atoms with van der Waals surface area (Å²) in [5, 5.41) is 8.73. The second-order valence-corrected chi connectivity index (χ2v) is 6.92. The summed E-state index contributed by atoms with van der Waals surface area (Å²) in [7, 11) is 4.12. The van der Waals surface area contributed by atoms with Gasteiger partial charge in [0.2, 0.25) is 0 Å². The van der Waals surface area contributed by atoms with E-state index < -0.39 is 0 Å². The Hall–Kier alpha value is -1.92. The highest BCUT2D eigenvalue weighted by atomic mass is 32.1.